The van der Waals surface area contributed by atoms with Crippen LogP contribution in [0.3, 0.4) is 0 Å². The molecule has 0 fully saturated rings. The first-order chi connectivity index (χ1) is 13.1. The second-order valence-corrected chi connectivity index (χ2v) is 6.47. The Labute approximate surface area is 157 Å². The first-order valence-electron chi connectivity index (χ1n) is 8.70. The molecule has 0 saturated heterocycles. The van der Waals surface area contributed by atoms with E-state index in [2.05, 4.69) is 9.55 Å². The maximum absolute atomic E-state index is 11.8. The van der Waals surface area contributed by atoms with Crippen LogP contribution in [-0.4, -0.2) is 29.6 Å². The fourth-order valence-electron chi connectivity index (χ4n) is 3.44. The monoisotopic (exact) mass is 360 g/mol. The predicted octanol–water partition coefficient (Wildman–Crippen LogP) is 4.46. The number of ketones is 1. The summed E-state index contributed by atoms with van der Waals surface area (Å²) in [7, 11) is 3.29. The molecule has 0 bridgehead atoms. The Kier molecular flexibility index (Phi) is 4.28. The first kappa shape index (κ1) is 17.1. The fraction of sp³-hybridized carbons (Fsp3) is 0.182. The highest BCUT2D eigenvalue weighted by molar-refractivity contribution is 6.09. The molecule has 4 aromatic rings. The molecule has 2 aromatic heterocycles. The zero-order valence-electron chi connectivity index (χ0n) is 15.5. The van der Waals surface area contributed by atoms with E-state index in [4.69, 9.17) is 9.47 Å². The van der Waals surface area contributed by atoms with Gasteiger partial charge in [-0.3, -0.25) is 4.79 Å². The van der Waals surface area contributed by atoms with Gasteiger partial charge in [-0.15, -0.1) is 0 Å². The van der Waals surface area contributed by atoms with E-state index in [0.29, 0.717) is 12.1 Å². The molecule has 0 aliphatic heterocycles. The minimum atomic E-state index is 0.0548. The molecule has 0 N–H and O–H groups in total. The Hall–Kier alpha value is -3.34. The summed E-state index contributed by atoms with van der Waals surface area (Å²) < 4.78 is 12.9. The maximum atomic E-state index is 11.8. The molecule has 4 rings (SSSR count). The Morgan fingerprint density at radius 2 is 1.74 bits per heavy atom. The zero-order chi connectivity index (χ0) is 19.0. The Balaban J connectivity index is 1.92. The highest BCUT2D eigenvalue weighted by Gasteiger charge is 2.14. The number of carbonyl (C=O) groups excluding carboxylic acids is 1. The average Bonchev–Trinajstić information content (AvgIpc) is 3.01. The number of carbonyl (C=O) groups is 1. The maximum Gasteiger partial charge on any atom is 0.159 e. The van der Waals surface area contributed by atoms with Gasteiger partial charge in [-0.25, -0.2) is 4.98 Å². The van der Waals surface area contributed by atoms with Gasteiger partial charge >= 0.3 is 0 Å². The van der Waals surface area contributed by atoms with E-state index in [0.717, 1.165) is 39.0 Å². The number of aromatic nitrogens is 2. The van der Waals surface area contributed by atoms with Crippen molar-refractivity contribution in [3.05, 3.63) is 65.9 Å². The third-order valence-electron chi connectivity index (χ3n) is 4.78. The molecule has 0 amide bonds. The van der Waals surface area contributed by atoms with Gasteiger partial charge in [-0.2, -0.15) is 0 Å². The van der Waals surface area contributed by atoms with Gasteiger partial charge in [-0.05, 0) is 55.0 Å². The van der Waals surface area contributed by atoms with Crippen LogP contribution in [0.25, 0.3) is 21.9 Å². The van der Waals surface area contributed by atoms with E-state index in [1.807, 2.05) is 48.5 Å². The molecule has 0 unspecified atom stereocenters. The van der Waals surface area contributed by atoms with Crippen molar-refractivity contribution in [2.24, 2.45) is 0 Å². The number of benzene rings is 2. The van der Waals surface area contributed by atoms with Crippen molar-refractivity contribution in [2.45, 2.75) is 13.5 Å². The van der Waals surface area contributed by atoms with Crippen LogP contribution in [0.15, 0.2) is 54.7 Å². The van der Waals surface area contributed by atoms with Crippen LogP contribution in [-0.2, 0) is 6.54 Å². The number of rotatable bonds is 5. The molecular weight excluding hydrogens is 340 g/mol. The molecule has 5 heteroatoms. The molecular formula is C22H20N2O3. The summed E-state index contributed by atoms with van der Waals surface area (Å²) >= 11 is 0. The summed E-state index contributed by atoms with van der Waals surface area (Å²) in [5, 5.41) is 2.06. The molecule has 0 spiro atoms. The predicted molar refractivity (Wildman–Crippen MR) is 106 cm³/mol. The summed E-state index contributed by atoms with van der Waals surface area (Å²) in [5.41, 5.74) is 3.67. The molecule has 0 saturated carbocycles. The van der Waals surface area contributed by atoms with Crippen molar-refractivity contribution in [1.29, 1.82) is 0 Å². The quantitative estimate of drug-likeness (QED) is 0.493. The van der Waals surface area contributed by atoms with Crippen LogP contribution in [0.1, 0.15) is 22.8 Å². The molecule has 27 heavy (non-hydrogen) atoms. The molecule has 2 heterocycles. The van der Waals surface area contributed by atoms with Gasteiger partial charge in [0.1, 0.15) is 17.1 Å². The highest BCUT2D eigenvalue weighted by atomic mass is 16.5. The minimum Gasteiger partial charge on any atom is -0.497 e. The van der Waals surface area contributed by atoms with E-state index in [-0.39, 0.29) is 5.78 Å². The van der Waals surface area contributed by atoms with Gasteiger partial charge in [0.05, 0.1) is 19.7 Å². The summed E-state index contributed by atoms with van der Waals surface area (Å²) in [6.45, 7) is 2.20. The number of pyridine rings is 1. The van der Waals surface area contributed by atoms with Crippen LogP contribution in [0.2, 0.25) is 0 Å². The van der Waals surface area contributed by atoms with Crippen LogP contribution < -0.4 is 9.47 Å². The van der Waals surface area contributed by atoms with E-state index in [1.165, 1.54) is 0 Å². The lowest BCUT2D eigenvalue weighted by Gasteiger charge is -2.11. The molecule has 0 atom stereocenters. The average molecular weight is 360 g/mol. The molecule has 0 radical (unpaired) electrons. The highest BCUT2D eigenvalue weighted by Crippen LogP contribution is 2.31. The van der Waals surface area contributed by atoms with E-state index < -0.39 is 0 Å². The summed E-state index contributed by atoms with van der Waals surface area (Å²) in [6, 6.07) is 15.6. The Bertz CT molecular complexity index is 1140. The molecule has 0 aliphatic rings. The SMILES string of the molecule is COc1cc(Cn2c3ccc(C(C)=O)cc3c3cccnc32)cc(OC)c1. The second-order valence-electron chi connectivity index (χ2n) is 6.47. The van der Waals surface area contributed by atoms with Crippen molar-refractivity contribution in [2.75, 3.05) is 14.2 Å². The number of hydrogen-bond donors (Lipinski definition) is 0. The van der Waals surface area contributed by atoms with E-state index >= 15 is 0 Å². The minimum absolute atomic E-state index is 0.0548. The van der Waals surface area contributed by atoms with Crippen molar-refractivity contribution in [3.63, 3.8) is 0 Å². The second kappa shape index (κ2) is 6.76. The topological polar surface area (TPSA) is 53.4 Å². The van der Waals surface area contributed by atoms with Crippen molar-refractivity contribution in [3.8, 4) is 11.5 Å². The lowest BCUT2D eigenvalue weighted by molar-refractivity contribution is 0.101. The third kappa shape index (κ3) is 3.01. The van der Waals surface area contributed by atoms with Gasteiger partial charge in [0.15, 0.2) is 5.78 Å². The molecule has 0 aliphatic carbocycles. The number of fused-ring (bicyclic) bond motifs is 3. The Morgan fingerprint density at radius 1 is 1.00 bits per heavy atom. The van der Waals surface area contributed by atoms with Gasteiger partial charge in [0, 0.05) is 35.1 Å². The van der Waals surface area contributed by atoms with Crippen molar-refractivity contribution >= 4 is 27.7 Å². The van der Waals surface area contributed by atoms with Crippen LogP contribution in [0.4, 0.5) is 0 Å². The van der Waals surface area contributed by atoms with E-state index in [1.54, 1.807) is 27.3 Å². The van der Waals surface area contributed by atoms with E-state index in [9.17, 15) is 4.79 Å². The van der Waals surface area contributed by atoms with Gasteiger partial charge in [0.25, 0.3) is 0 Å². The van der Waals surface area contributed by atoms with Gasteiger partial charge in [-0.1, -0.05) is 0 Å². The van der Waals surface area contributed by atoms with Crippen LogP contribution in [0.5, 0.6) is 11.5 Å². The normalized spacial score (nSPS) is 11.1. The smallest absolute Gasteiger partial charge is 0.159 e. The largest absolute Gasteiger partial charge is 0.497 e. The summed E-state index contributed by atoms with van der Waals surface area (Å²) in [5.74, 6) is 1.55. The number of ether oxygens (including phenoxy) is 2. The standard InChI is InChI=1S/C22H20N2O3/c1-14(25)16-6-7-21-20(11-16)19-5-4-8-23-22(19)24(21)13-15-9-17(26-2)12-18(10-15)27-3/h4-12H,13H2,1-3H3. The third-order valence-corrected chi connectivity index (χ3v) is 4.78. The molecule has 2 aromatic carbocycles. The van der Waals surface area contributed by atoms with Crippen LogP contribution in [0, 0.1) is 0 Å². The van der Waals surface area contributed by atoms with Gasteiger partial charge < -0.3 is 14.0 Å². The number of nitrogens with zero attached hydrogens (tertiary/aromatic N) is 2. The number of Topliss-reactive ketones (excluding diaryl/α,β-unsaturated/α-hetero) is 1. The van der Waals surface area contributed by atoms with Crippen LogP contribution >= 0.6 is 0 Å². The molecule has 5 nitrogen and oxygen atoms in total. The Morgan fingerprint density at radius 3 is 2.41 bits per heavy atom. The summed E-state index contributed by atoms with van der Waals surface area (Å²) in [4.78, 5) is 16.4. The first-order valence-corrected chi connectivity index (χ1v) is 8.70. The lowest BCUT2D eigenvalue weighted by atomic mass is 10.1. The lowest BCUT2D eigenvalue weighted by Crippen LogP contribution is -2.02. The summed E-state index contributed by atoms with van der Waals surface area (Å²) in [6.07, 6.45) is 1.79. The van der Waals surface area contributed by atoms with Gasteiger partial charge in [0.2, 0.25) is 0 Å². The molecule has 136 valence electrons. The number of hydrogen-bond acceptors (Lipinski definition) is 4. The van der Waals surface area contributed by atoms with Crippen molar-refractivity contribution in [1.82, 2.24) is 9.55 Å². The zero-order valence-corrected chi connectivity index (χ0v) is 15.5. The van der Waals surface area contributed by atoms with Crippen molar-refractivity contribution < 1.29 is 14.3 Å². The number of methoxy groups -OCH3 is 2. The fourth-order valence-corrected chi connectivity index (χ4v) is 3.44.